The molecule has 1 saturated heterocycles. The van der Waals surface area contributed by atoms with E-state index < -0.39 is 6.43 Å². The lowest BCUT2D eigenvalue weighted by atomic mass is 9.81. The van der Waals surface area contributed by atoms with E-state index in [-0.39, 0.29) is 22.7 Å². The van der Waals surface area contributed by atoms with Crippen LogP contribution in [-0.2, 0) is 0 Å². The number of hydrogen-bond donors (Lipinski definition) is 2. The maximum atomic E-state index is 13.8. The Labute approximate surface area is 180 Å². The van der Waals surface area contributed by atoms with Crippen LogP contribution in [0, 0.1) is 0 Å². The molecule has 1 aliphatic rings. The van der Waals surface area contributed by atoms with Crippen molar-refractivity contribution in [1.82, 2.24) is 25.7 Å². The number of hydrogen-bond acceptors (Lipinski definition) is 5. The van der Waals surface area contributed by atoms with Gasteiger partial charge in [0.05, 0.1) is 11.9 Å². The number of aromatic amines is 1. The van der Waals surface area contributed by atoms with Gasteiger partial charge in [0, 0.05) is 52.9 Å². The lowest BCUT2D eigenvalue weighted by Crippen LogP contribution is -2.60. The van der Waals surface area contributed by atoms with Crippen LogP contribution in [-0.4, -0.2) is 37.6 Å². The molecule has 8 heteroatoms. The summed E-state index contributed by atoms with van der Waals surface area (Å²) >= 11 is 0. The molecule has 0 bridgehead atoms. The predicted octanol–water partition coefficient (Wildman–Crippen LogP) is 5.16. The molecular weight excluding hydrogens is 400 g/mol. The van der Waals surface area contributed by atoms with Gasteiger partial charge in [0.15, 0.2) is 0 Å². The maximum absolute atomic E-state index is 13.8. The van der Waals surface area contributed by atoms with Gasteiger partial charge in [0.25, 0.3) is 6.43 Å². The zero-order valence-corrected chi connectivity index (χ0v) is 18.1. The molecule has 3 heterocycles. The second-order valence-electron chi connectivity index (χ2n) is 9.39. The molecule has 2 aromatic heterocycles. The Morgan fingerprint density at radius 3 is 2.32 bits per heavy atom. The average molecular weight is 427 g/mol. The summed E-state index contributed by atoms with van der Waals surface area (Å²) in [6, 6.07) is 8.27. The number of alkyl halides is 2. The highest BCUT2D eigenvalue weighted by Crippen LogP contribution is 2.35. The number of halogens is 2. The summed E-state index contributed by atoms with van der Waals surface area (Å²) < 4.78 is 33.6. The number of rotatable bonds is 5. The first-order chi connectivity index (χ1) is 14.6. The largest absolute Gasteiger partial charge is 0.473 e. The lowest BCUT2D eigenvalue weighted by Gasteiger charge is -2.46. The quantitative estimate of drug-likeness (QED) is 0.588. The molecule has 0 radical (unpaired) electrons. The molecular formula is C23H27F2N5O. The molecule has 0 unspecified atom stereocenters. The molecule has 164 valence electrons. The van der Waals surface area contributed by atoms with Gasteiger partial charge in [0.1, 0.15) is 6.10 Å². The van der Waals surface area contributed by atoms with Gasteiger partial charge in [0.2, 0.25) is 5.88 Å². The number of nitrogens with one attached hydrogen (secondary N) is 2. The van der Waals surface area contributed by atoms with E-state index in [1.807, 2.05) is 0 Å². The third kappa shape index (κ3) is 4.90. The van der Waals surface area contributed by atoms with Crippen molar-refractivity contribution in [2.24, 2.45) is 0 Å². The number of nitrogens with zero attached hydrogens (tertiary/aromatic N) is 3. The van der Waals surface area contributed by atoms with Crippen molar-refractivity contribution >= 4 is 0 Å². The van der Waals surface area contributed by atoms with E-state index in [0.717, 1.165) is 18.4 Å². The molecule has 4 rings (SSSR count). The Bertz CT molecular complexity index is 1020. The first-order valence-electron chi connectivity index (χ1n) is 10.3. The predicted molar refractivity (Wildman–Crippen MR) is 115 cm³/mol. The molecule has 1 aliphatic heterocycles. The van der Waals surface area contributed by atoms with Crippen molar-refractivity contribution in [2.75, 3.05) is 0 Å². The zero-order valence-electron chi connectivity index (χ0n) is 18.1. The Morgan fingerprint density at radius 1 is 1.00 bits per heavy atom. The topological polar surface area (TPSA) is 75.7 Å². The number of piperidine rings is 1. The van der Waals surface area contributed by atoms with E-state index in [4.69, 9.17) is 4.74 Å². The van der Waals surface area contributed by atoms with Crippen LogP contribution in [0.1, 0.15) is 52.5 Å². The van der Waals surface area contributed by atoms with Gasteiger partial charge in [-0.25, -0.2) is 8.78 Å². The molecule has 0 saturated carbocycles. The molecule has 0 amide bonds. The van der Waals surface area contributed by atoms with E-state index in [1.165, 1.54) is 6.07 Å². The fourth-order valence-corrected chi connectivity index (χ4v) is 4.57. The monoisotopic (exact) mass is 427 g/mol. The van der Waals surface area contributed by atoms with Crippen molar-refractivity contribution < 1.29 is 13.5 Å². The van der Waals surface area contributed by atoms with Gasteiger partial charge >= 0.3 is 0 Å². The lowest BCUT2D eigenvalue weighted by molar-refractivity contribution is 0.0524. The fraction of sp³-hybridized carbons (Fsp3) is 0.435. The molecule has 6 nitrogen and oxygen atoms in total. The maximum Gasteiger partial charge on any atom is 0.264 e. The van der Waals surface area contributed by atoms with Crippen LogP contribution in [0.2, 0.25) is 0 Å². The highest BCUT2D eigenvalue weighted by Gasteiger charge is 2.38. The van der Waals surface area contributed by atoms with Crippen molar-refractivity contribution in [1.29, 1.82) is 0 Å². The summed E-state index contributed by atoms with van der Waals surface area (Å²) in [4.78, 5) is 0. The van der Waals surface area contributed by atoms with Crippen molar-refractivity contribution in [3.63, 3.8) is 0 Å². The third-order valence-electron chi connectivity index (χ3n) is 5.47. The second-order valence-corrected chi connectivity index (χ2v) is 9.39. The first kappa shape index (κ1) is 21.4. The number of ether oxygens (including phenoxy) is 1. The summed E-state index contributed by atoms with van der Waals surface area (Å²) in [5, 5.41) is 18.5. The zero-order chi connectivity index (χ0) is 22.2. The molecule has 1 aromatic carbocycles. The number of H-pyrrole nitrogens is 1. The Morgan fingerprint density at radius 2 is 1.74 bits per heavy atom. The summed E-state index contributed by atoms with van der Waals surface area (Å²) in [6.07, 6.45) is 2.30. The van der Waals surface area contributed by atoms with Crippen LogP contribution in [0.3, 0.4) is 0 Å². The highest BCUT2D eigenvalue weighted by atomic mass is 19.3. The fourth-order valence-electron chi connectivity index (χ4n) is 4.57. The highest BCUT2D eigenvalue weighted by molar-refractivity contribution is 5.71. The second kappa shape index (κ2) is 8.00. The molecule has 31 heavy (non-hydrogen) atoms. The first-order valence-corrected chi connectivity index (χ1v) is 10.3. The number of aromatic nitrogens is 4. The third-order valence-corrected chi connectivity index (χ3v) is 5.47. The molecule has 0 aliphatic carbocycles. The minimum absolute atomic E-state index is 0.00253. The standard InChI is InChI=1S/C23H27F2N5O/c1-22(2)10-16(11-23(3,4)30-22)31-20-8-7-19(28-29-20)17-6-5-14(9-18(17)21(24)25)15-12-26-27-13-15/h5-9,12-13,16,21,30H,10-11H2,1-4H3,(H,26,27). The smallest absolute Gasteiger partial charge is 0.264 e. The summed E-state index contributed by atoms with van der Waals surface area (Å²) in [5.41, 5.74) is 1.94. The normalized spacial score (nSPS) is 18.3. The van der Waals surface area contributed by atoms with Gasteiger partial charge in [-0.3, -0.25) is 5.10 Å². The molecule has 3 aromatic rings. The van der Waals surface area contributed by atoms with Crippen LogP contribution in [0.15, 0.2) is 42.7 Å². The SMILES string of the molecule is CC1(C)CC(Oc2ccc(-c3ccc(-c4cn[nH]c4)cc3C(F)F)nn2)CC(C)(C)N1. The van der Waals surface area contributed by atoms with Crippen LogP contribution in [0.4, 0.5) is 8.78 Å². The van der Waals surface area contributed by atoms with E-state index in [0.29, 0.717) is 22.7 Å². The van der Waals surface area contributed by atoms with Crippen LogP contribution < -0.4 is 10.1 Å². The minimum Gasteiger partial charge on any atom is -0.473 e. The summed E-state index contributed by atoms with van der Waals surface area (Å²) in [7, 11) is 0. The van der Waals surface area contributed by atoms with E-state index >= 15 is 0 Å². The van der Waals surface area contributed by atoms with Crippen LogP contribution >= 0.6 is 0 Å². The Hall–Kier alpha value is -2.87. The molecule has 1 fully saturated rings. The minimum atomic E-state index is -2.64. The van der Waals surface area contributed by atoms with E-state index in [9.17, 15) is 8.78 Å². The van der Waals surface area contributed by atoms with Gasteiger partial charge < -0.3 is 10.1 Å². The van der Waals surface area contributed by atoms with Gasteiger partial charge in [-0.05, 0) is 45.4 Å². The van der Waals surface area contributed by atoms with Crippen molar-refractivity contribution in [3.8, 4) is 28.3 Å². The van der Waals surface area contributed by atoms with E-state index in [1.54, 1.807) is 36.7 Å². The average Bonchev–Trinajstić information content (AvgIpc) is 3.20. The van der Waals surface area contributed by atoms with Crippen molar-refractivity contribution in [2.45, 2.75) is 64.1 Å². The molecule has 0 atom stereocenters. The summed E-state index contributed by atoms with van der Waals surface area (Å²) in [5.74, 6) is 0.399. The summed E-state index contributed by atoms with van der Waals surface area (Å²) in [6.45, 7) is 8.60. The van der Waals surface area contributed by atoms with Gasteiger partial charge in [-0.2, -0.15) is 5.10 Å². The number of benzene rings is 1. The van der Waals surface area contributed by atoms with Gasteiger partial charge in [-0.15, -0.1) is 10.2 Å². The Kier molecular flexibility index (Phi) is 5.51. The molecule has 2 N–H and O–H groups in total. The van der Waals surface area contributed by atoms with Crippen molar-refractivity contribution in [3.05, 3.63) is 48.3 Å². The van der Waals surface area contributed by atoms with Crippen LogP contribution in [0.5, 0.6) is 5.88 Å². The Balaban J connectivity index is 1.55. The molecule has 0 spiro atoms. The van der Waals surface area contributed by atoms with E-state index in [2.05, 4.69) is 53.4 Å². The van der Waals surface area contributed by atoms with Gasteiger partial charge in [-0.1, -0.05) is 12.1 Å². The van der Waals surface area contributed by atoms with Crippen LogP contribution in [0.25, 0.3) is 22.4 Å².